The first-order valence-electron chi connectivity index (χ1n) is 12.9. The van der Waals surface area contributed by atoms with E-state index in [4.69, 9.17) is 19.2 Å². The molecule has 0 aliphatic rings. The van der Waals surface area contributed by atoms with Crippen molar-refractivity contribution < 1.29 is 56.2 Å². The molecule has 0 fully saturated rings. The van der Waals surface area contributed by atoms with Gasteiger partial charge in [0.2, 0.25) is 0 Å². The van der Waals surface area contributed by atoms with Gasteiger partial charge < -0.3 is 0 Å². The van der Waals surface area contributed by atoms with Gasteiger partial charge in [0.15, 0.2) is 0 Å². The van der Waals surface area contributed by atoms with Crippen LogP contribution >= 0.6 is 23.7 Å². The number of hydrogen-bond acceptors (Lipinski definition) is 1. The molecule has 14 heteroatoms. The largest absolute Gasteiger partial charge is 0 e. The first-order valence-corrected chi connectivity index (χ1v) is 18.0. The monoisotopic (exact) mass is 753 g/mol. The van der Waals surface area contributed by atoms with Crippen LogP contribution in [0.5, 0.6) is 0 Å². The summed E-state index contributed by atoms with van der Waals surface area (Å²) < 4.78 is 81.7. The first-order chi connectivity index (χ1) is 21.7. The Hall–Kier alpha value is -3.02. The molecule has 4 aromatic rings. The summed E-state index contributed by atoms with van der Waals surface area (Å²) >= 11 is 0. The van der Waals surface area contributed by atoms with Crippen molar-refractivity contribution in [3.8, 4) is 6.07 Å². The molecule has 253 valence electrons. The summed E-state index contributed by atoms with van der Waals surface area (Å²) in [7, 11) is -11.0. The molecule has 1 radical (unpaired) electrons. The van der Waals surface area contributed by atoms with Crippen molar-refractivity contribution >= 4 is 44.9 Å². The maximum atomic E-state index is 9.87. The predicted molar refractivity (Wildman–Crippen MR) is 176 cm³/mol. The number of benzene rings is 4. The van der Waals surface area contributed by atoms with Gasteiger partial charge in [-0.1, -0.05) is 135 Å². The van der Waals surface area contributed by atoms with E-state index < -0.39 is 7.81 Å². The predicted octanol–water partition coefficient (Wildman–Crippen LogP) is 10.1. The van der Waals surface area contributed by atoms with E-state index >= 15 is 0 Å². The average molecular weight is 753 g/mol. The van der Waals surface area contributed by atoms with Crippen molar-refractivity contribution in [2.75, 3.05) is 12.3 Å². The summed E-state index contributed by atoms with van der Waals surface area (Å²) in [5, 5.41) is 13.2. The number of rotatable bonds is 6. The minimum absolute atomic E-state index is 0. The molecule has 0 aliphatic heterocycles. The third kappa shape index (κ3) is 30.1. The third-order valence-electron chi connectivity index (χ3n) is 4.90. The van der Waals surface area contributed by atoms with Crippen molar-refractivity contribution in [2.45, 2.75) is 20.8 Å². The van der Waals surface area contributed by atoms with E-state index in [0.29, 0.717) is 0 Å². The van der Waals surface area contributed by atoms with E-state index in [-0.39, 0.29) is 32.9 Å². The van der Waals surface area contributed by atoms with Gasteiger partial charge in [0, 0.05) is 24.0 Å². The smallest absolute Gasteiger partial charge is 0 e. The van der Waals surface area contributed by atoms with E-state index in [0.717, 1.165) is 0 Å². The van der Waals surface area contributed by atoms with Crippen LogP contribution in [-0.4, -0.2) is 12.3 Å². The molecule has 0 bridgehead atoms. The van der Waals surface area contributed by atoms with Gasteiger partial charge in [0.1, 0.15) is 0 Å². The standard InChI is InChI=1S/2C14H15P.C2H3N.3CO.F6P.Mn/c2*1-2-15(13-9-5-3-6-10-13)14-11-7-4-8-12-14;1-2-3;3*1-2;1-7(2,3,4,5)6;/h2*3-12H,2H2,1H3;1H3;;;;;/q;;;;;;-1;. The van der Waals surface area contributed by atoms with Crippen LogP contribution in [0.1, 0.15) is 20.8 Å². The molecule has 0 atom stereocenters. The van der Waals surface area contributed by atoms with Crippen molar-refractivity contribution in [3.05, 3.63) is 141 Å². The zero-order chi connectivity index (χ0) is 36.1. The topological polar surface area (TPSA) is 83.5 Å². The Morgan fingerprint density at radius 2 is 0.638 bits per heavy atom. The Morgan fingerprint density at radius 3 is 0.745 bits per heavy atom. The van der Waals surface area contributed by atoms with Gasteiger partial charge in [-0.2, -0.15) is 5.26 Å². The number of halogens is 6. The number of hydrogen-bond donors (Lipinski definition) is 0. The molecule has 0 aromatic heterocycles. The van der Waals surface area contributed by atoms with Gasteiger partial charge in [-0.05, 0) is 49.4 Å². The molecule has 0 N–H and O–H groups in total. The van der Waals surface area contributed by atoms with Crippen molar-refractivity contribution in [1.82, 2.24) is 0 Å². The molecule has 4 aromatic carbocycles. The summed E-state index contributed by atoms with van der Waals surface area (Å²) in [6, 6.07) is 45.0. The van der Waals surface area contributed by atoms with Crippen molar-refractivity contribution in [2.24, 2.45) is 0 Å². The molecule has 4 nitrogen and oxygen atoms in total. The molecular weight excluding hydrogens is 720 g/mol. The molecule has 0 heterocycles. The first kappa shape index (κ1) is 50.8. The zero-order valence-corrected chi connectivity index (χ0v) is 29.5. The molecule has 0 aliphatic carbocycles. The fourth-order valence-corrected chi connectivity index (χ4v) is 7.65. The summed E-state index contributed by atoms with van der Waals surface area (Å²) in [5.74, 6) is 0. The Balaban J connectivity index is -0.000000271. The van der Waals surface area contributed by atoms with E-state index in [1.807, 2.05) is 0 Å². The Kier molecular flexibility index (Phi) is 29.2. The maximum absolute atomic E-state index is 10.7. The van der Waals surface area contributed by atoms with E-state index in [9.17, 15) is 25.2 Å². The van der Waals surface area contributed by atoms with Crippen LogP contribution in [0.4, 0.5) is 25.2 Å². The molecular formula is C33H33F6MnNO3P3-. The summed E-state index contributed by atoms with van der Waals surface area (Å²) in [4.78, 5) is 0. The van der Waals surface area contributed by atoms with Crippen LogP contribution in [0, 0.1) is 31.3 Å². The van der Waals surface area contributed by atoms with Crippen molar-refractivity contribution in [3.63, 3.8) is 0 Å². The molecule has 4 rings (SSSR count). The Bertz CT molecular complexity index is 1240. The minimum Gasteiger partial charge on any atom is 0 e. The van der Waals surface area contributed by atoms with E-state index in [2.05, 4.69) is 155 Å². The van der Waals surface area contributed by atoms with Crippen LogP contribution in [-0.2, 0) is 31.0 Å². The quantitative estimate of drug-likeness (QED) is 0.0635. The second kappa shape index (κ2) is 27.0. The van der Waals surface area contributed by atoms with Crippen LogP contribution < -0.4 is 21.2 Å². The van der Waals surface area contributed by atoms with Gasteiger partial charge in [-0.15, -0.1) is 0 Å². The summed E-state index contributed by atoms with van der Waals surface area (Å²) in [6.07, 6.45) is 2.42. The van der Waals surface area contributed by atoms with Crippen LogP contribution in [0.15, 0.2) is 121 Å². The van der Waals surface area contributed by atoms with Gasteiger partial charge in [0.25, 0.3) is 0 Å². The van der Waals surface area contributed by atoms with E-state index in [1.54, 1.807) is 6.07 Å². The molecule has 0 saturated heterocycles. The van der Waals surface area contributed by atoms with Crippen LogP contribution in [0.3, 0.4) is 0 Å². The molecule has 0 amide bonds. The molecule has 0 spiro atoms. The molecule has 47 heavy (non-hydrogen) atoms. The van der Waals surface area contributed by atoms with Crippen LogP contribution in [0.2, 0.25) is 0 Å². The SMILES string of the molecule is CC#N.CCP(c1ccccc1)c1ccccc1.CCP(c1ccccc1)c1ccccc1.F[P-](F)(F)(F)(F)F.[C-]#[O+].[C-]#[O+].[C-]#[O+].[Mn]. The third-order valence-corrected chi connectivity index (χ3v) is 9.85. The fourth-order valence-electron chi connectivity index (χ4n) is 3.46. The summed E-state index contributed by atoms with van der Waals surface area (Å²) in [6.45, 7) is 19.5. The Morgan fingerprint density at radius 1 is 0.511 bits per heavy atom. The van der Waals surface area contributed by atoms with Gasteiger partial charge in [-0.3, -0.25) is 0 Å². The second-order valence-corrected chi connectivity index (χ2v) is 15.0. The maximum Gasteiger partial charge on any atom is 0 e. The van der Waals surface area contributed by atoms with Gasteiger partial charge in [-0.25, -0.2) is 0 Å². The molecule has 0 saturated carbocycles. The normalized spacial score (nSPS) is 10.5. The minimum atomic E-state index is -10.7. The number of nitrogens with zero attached hydrogens (tertiary/aromatic N) is 1. The molecule has 0 unspecified atom stereocenters. The Labute approximate surface area is 286 Å². The second-order valence-electron chi connectivity index (χ2n) is 8.01. The average Bonchev–Trinajstić information content (AvgIpc) is 3.06. The number of nitriles is 1. The van der Waals surface area contributed by atoms with Crippen LogP contribution in [0.25, 0.3) is 0 Å². The fraction of sp³-hybridized carbons (Fsp3) is 0.152. The van der Waals surface area contributed by atoms with E-state index in [1.165, 1.54) is 40.5 Å². The van der Waals surface area contributed by atoms with Gasteiger partial charge >= 0.3 is 66.9 Å². The zero-order valence-electron chi connectivity index (χ0n) is 25.6. The summed E-state index contributed by atoms with van der Waals surface area (Å²) in [5.41, 5.74) is 0. The van der Waals surface area contributed by atoms with Gasteiger partial charge in [0.05, 0.1) is 6.07 Å². The van der Waals surface area contributed by atoms with Crippen molar-refractivity contribution in [1.29, 1.82) is 5.26 Å².